The Morgan fingerprint density at radius 1 is 1.24 bits per heavy atom. The highest BCUT2D eigenvalue weighted by molar-refractivity contribution is 6.13. The van der Waals surface area contributed by atoms with Crippen LogP contribution in [0.2, 0.25) is 0 Å². The average Bonchev–Trinajstić information content (AvgIpc) is 3.22. The van der Waals surface area contributed by atoms with Gasteiger partial charge in [-0.05, 0) is 36.0 Å². The van der Waals surface area contributed by atoms with Crippen molar-refractivity contribution >= 4 is 28.5 Å². The standard InChI is InChI=1S/C24H26F3N3O4/c1-13(31)29-23(24(25,26)27)20-18(10-22(2,3)11-19(20)32)30(21(23)33)8-7-14-12-28-17-9-15(34-4)5-6-16(14)17/h5-6,9,12,28H,7-8,10-11H2,1-4H3,(H,29,31)/t23-/m0/s1. The maximum atomic E-state index is 14.5. The number of carbonyl (C=O) groups excluding carboxylic acids is 3. The van der Waals surface area contributed by atoms with Crippen molar-refractivity contribution < 1.29 is 32.3 Å². The highest BCUT2D eigenvalue weighted by atomic mass is 19.4. The molecule has 1 aromatic carbocycles. The highest BCUT2D eigenvalue weighted by Crippen LogP contribution is 2.51. The van der Waals surface area contributed by atoms with E-state index >= 15 is 0 Å². The zero-order chi connectivity index (χ0) is 25.1. The number of hydrogen-bond donors (Lipinski definition) is 2. The van der Waals surface area contributed by atoms with Crippen molar-refractivity contribution in [3.05, 3.63) is 41.2 Å². The van der Waals surface area contributed by atoms with Crippen LogP contribution in [-0.4, -0.2) is 52.9 Å². The summed E-state index contributed by atoms with van der Waals surface area (Å²) in [6, 6.07) is 5.41. The lowest BCUT2D eigenvalue weighted by atomic mass is 9.72. The molecule has 7 nitrogen and oxygen atoms in total. The van der Waals surface area contributed by atoms with Crippen LogP contribution >= 0.6 is 0 Å². The normalized spacial score (nSPS) is 22.4. The van der Waals surface area contributed by atoms with Crippen molar-refractivity contribution in [3.63, 3.8) is 0 Å². The molecule has 2 aliphatic rings. The molecular weight excluding hydrogens is 451 g/mol. The number of methoxy groups -OCH3 is 1. The third-order valence-electron chi connectivity index (χ3n) is 6.49. The molecule has 0 saturated carbocycles. The van der Waals surface area contributed by atoms with Crippen LogP contribution in [0.1, 0.15) is 39.2 Å². The van der Waals surface area contributed by atoms with Gasteiger partial charge in [-0.25, -0.2) is 0 Å². The number of Topliss-reactive ketones (excluding diaryl/α,β-unsaturated/α-hetero) is 1. The predicted octanol–water partition coefficient (Wildman–Crippen LogP) is 3.64. The Balaban J connectivity index is 1.76. The SMILES string of the molecule is COc1ccc2c(CCN3C(=O)[C@](NC(C)=O)(C(F)(F)F)C4=C3CC(C)(C)CC4=O)c[nH]c2c1. The van der Waals surface area contributed by atoms with Gasteiger partial charge in [-0.1, -0.05) is 13.8 Å². The average molecular weight is 477 g/mol. The Morgan fingerprint density at radius 2 is 1.94 bits per heavy atom. The molecule has 0 fully saturated rings. The van der Waals surface area contributed by atoms with Crippen molar-refractivity contribution in [3.8, 4) is 5.75 Å². The number of H-pyrrole nitrogens is 1. The number of nitrogens with one attached hydrogen (secondary N) is 2. The van der Waals surface area contributed by atoms with Gasteiger partial charge in [0.25, 0.3) is 5.91 Å². The molecule has 0 spiro atoms. The molecule has 2 amide bonds. The zero-order valence-corrected chi connectivity index (χ0v) is 19.4. The number of ether oxygens (including phenoxy) is 1. The molecule has 0 unspecified atom stereocenters. The van der Waals surface area contributed by atoms with Crippen molar-refractivity contribution in [2.75, 3.05) is 13.7 Å². The van der Waals surface area contributed by atoms with Gasteiger partial charge in [0.2, 0.25) is 11.4 Å². The third kappa shape index (κ3) is 3.65. The number of halogens is 3. The van der Waals surface area contributed by atoms with Crippen LogP contribution in [0.5, 0.6) is 5.75 Å². The number of fused-ring (bicyclic) bond motifs is 1. The van der Waals surface area contributed by atoms with Crippen LogP contribution in [0, 0.1) is 5.41 Å². The van der Waals surface area contributed by atoms with Gasteiger partial charge >= 0.3 is 6.18 Å². The molecule has 1 aliphatic carbocycles. The summed E-state index contributed by atoms with van der Waals surface area (Å²) in [5.41, 5.74) is -3.00. The summed E-state index contributed by atoms with van der Waals surface area (Å²) in [4.78, 5) is 42.4. The number of ketones is 1. The van der Waals surface area contributed by atoms with Gasteiger partial charge in [0.05, 0.1) is 12.7 Å². The molecule has 0 saturated heterocycles. The van der Waals surface area contributed by atoms with E-state index in [1.165, 1.54) is 0 Å². The maximum absolute atomic E-state index is 14.5. The number of alkyl halides is 3. The molecule has 2 heterocycles. The molecule has 1 atom stereocenters. The van der Waals surface area contributed by atoms with E-state index in [0.717, 1.165) is 28.3 Å². The number of nitrogens with zero attached hydrogens (tertiary/aromatic N) is 1. The van der Waals surface area contributed by atoms with Gasteiger partial charge in [-0.15, -0.1) is 0 Å². The van der Waals surface area contributed by atoms with E-state index in [2.05, 4.69) is 4.98 Å². The Hall–Kier alpha value is -3.30. The molecular formula is C24H26F3N3O4. The van der Waals surface area contributed by atoms with E-state index in [1.807, 2.05) is 11.4 Å². The molecule has 2 aromatic rings. The van der Waals surface area contributed by atoms with Crippen LogP contribution in [0.25, 0.3) is 10.9 Å². The molecule has 34 heavy (non-hydrogen) atoms. The van der Waals surface area contributed by atoms with Gasteiger partial charge in [0.1, 0.15) is 5.75 Å². The topological polar surface area (TPSA) is 91.5 Å². The molecule has 182 valence electrons. The van der Waals surface area contributed by atoms with E-state index in [9.17, 15) is 27.6 Å². The summed E-state index contributed by atoms with van der Waals surface area (Å²) in [6.07, 6.45) is -3.23. The van der Waals surface area contributed by atoms with Crippen molar-refractivity contribution in [2.24, 2.45) is 5.41 Å². The minimum atomic E-state index is -5.18. The third-order valence-corrected chi connectivity index (χ3v) is 6.49. The van der Waals surface area contributed by atoms with Crippen LogP contribution in [0.15, 0.2) is 35.7 Å². The minimum absolute atomic E-state index is 0.0406. The summed E-state index contributed by atoms with van der Waals surface area (Å²) < 4.78 is 48.6. The number of amides is 2. The molecule has 1 aliphatic heterocycles. The molecule has 10 heteroatoms. The van der Waals surface area contributed by atoms with Crippen molar-refractivity contribution in [2.45, 2.75) is 51.7 Å². The molecule has 0 radical (unpaired) electrons. The summed E-state index contributed by atoms with van der Waals surface area (Å²) in [5, 5.41) is 2.67. The predicted molar refractivity (Wildman–Crippen MR) is 118 cm³/mol. The molecule has 2 N–H and O–H groups in total. The first-order chi connectivity index (χ1) is 15.8. The second-order valence-corrected chi connectivity index (χ2v) is 9.62. The quantitative estimate of drug-likeness (QED) is 0.688. The fraction of sp³-hybridized carbons (Fsp3) is 0.458. The number of benzene rings is 1. The summed E-state index contributed by atoms with van der Waals surface area (Å²) in [6.45, 7) is 4.38. The Labute approximate surface area is 194 Å². The van der Waals surface area contributed by atoms with E-state index < -0.39 is 40.3 Å². The minimum Gasteiger partial charge on any atom is -0.497 e. The zero-order valence-electron chi connectivity index (χ0n) is 19.4. The lowest BCUT2D eigenvalue weighted by Gasteiger charge is -2.35. The number of allylic oxidation sites excluding steroid dienone is 1. The second kappa shape index (κ2) is 7.89. The molecule has 0 bridgehead atoms. The van der Waals surface area contributed by atoms with Crippen LogP contribution < -0.4 is 10.1 Å². The first-order valence-corrected chi connectivity index (χ1v) is 10.9. The van der Waals surface area contributed by atoms with E-state index in [-0.39, 0.29) is 31.5 Å². The maximum Gasteiger partial charge on any atom is 0.425 e. The Kier molecular flexibility index (Phi) is 5.53. The van der Waals surface area contributed by atoms with Gasteiger partial charge in [-0.2, -0.15) is 13.2 Å². The van der Waals surface area contributed by atoms with E-state index in [4.69, 9.17) is 4.74 Å². The summed E-state index contributed by atoms with van der Waals surface area (Å²) in [7, 11) is 1.55. The number of carbonyl (C=O) groups is 3. The van der Waals surface area contributed by atoms with Gasteiger partial charge < -0.3 is 19.9 Å². The largest absolute Gasteiger partial charge is 0.497 e. The second-order valence-electron chi connectivity index (χ2n) is 9.62. The number of rotatable bonds is 5. The number of aromatic nitrogens is 1. The summed E-state index contributed by atoms with van der Waals surface area (Å²) in [5.74, 6) is -2.50. The lowest BCUT2D eigenvalue weighted by molar-refractivity contribution is -0.194. The smallest absolute Gasteiger partial charge is 0.425 e. The Morgan fingerprint density at radius 3 is 2.56 bits per heavy atom. The van der Waals surface area contributed by atoms with Crippen LogP contribution in [0.3, 0.4) is 0 Å². The highest BCUT2D eigenvalue weighted by Gasteiger charge is 2.71. The van der Waals surface area contributed by atoms with Crippen LogP contribution in [-0.2, 0) is 20.8 Å². The fourth-order valence-corrected chi connectivity index (χ4v) is 5.06. The first kappa shape index (κ1) is 23.8. The van der Waals surface area contributed by atoms with Gasteiger partial charge in [0, 0.05) is 48.8 Å². The van der Waals surface area contributed by atoms with Crippen molar-refractivity contribution in [1.82, 2.24) is 15.2 Å². The van der Waals surface area contributed by atoms with E-state index in [0.29, 0.717) is 5.75 Å². The number of aromatic amines is 1. The van der Waals surface area contributed by atoms with Gasteiger partial charge in [0.15, 0.2) is 5.78 Å². The van der Waals surface area contributed by atoms with Crippen LogP contribution in [0.4, 0.5) is 13.2 Å². The molecule has 1 aromatic heterocycles. The number of hydrogen-bond acceptors (Lipinski definition) is 4. The molecule has 4 rings (SSSR count). The monoisotopic (exact) mass is 477 g/mol. The Bertz CT molecular complexity index is 1230. The summed E-state index contributed by atoms with van der Waals surface area (Å²) >= 11 is 0. The van der Waals surface area contributed by atoms with Gasteiger partial charge in [-0.3, -0.25) is 14.4 Å². The lowest BCUT2D eigenvalue weighted by Crippen LogP contribution is -2.66. The van der Waals surface area contributed by atoms with E-state index in [1.54, 1.807) is 39.3 Å². The first-order valence-electron chi connectivity index (χ1n) is 10.9. The van der Waals surface area contributed by atoms with Crippen molar-refractivity contribution in [1.29, 1.82) is 0 Å². The fourth-order valence-electron chi connectivity index (χ4n) is 5.06.